The molecule has 3 aliphatic heterocycles. The number of nitrogens with zero attached hydrogens (tertiary/aromatic N) is 3. The van der Waals surface area contributed by atoms with Gasteiger partial charge < -0.3 is 15.1 Å². The second-order valence-corrected chi connectivity index (χ2v) is 9.62. The maximum absolute atomic E-state index is 13.5. The van der Waals surface area contributed by atoms with Crippen molar-refractivity contribution in [2.24, 2.45) is 11.8 Å². The number of amides is 3. The monoisotopic (exact) mass is 412 g/mol. The van der Waals surface area contributed by atoms with E-state index in [2.05, 4.69) is 29.0 Å². The lowest BCUT2D eigenvalue weighted by Gasteiger charge is -2.47. The van der Waals surface area contributed by atoms with Crippen LogP contribution in [0.3, 0.4) is 0 Å². The number of carbonyl (C=O) groups is 2. The molecule has 0 unspecified atom stereocenters. The van der Waals surface area contributed by atoms with Crippen molar-refractivity contribution in [1.29, 1.82) is 0 Å². The van der Waals surface area contributed by atoms with Crippen molar-refractivity contribution in [3.63, 3.8) is 0 Å². The fourth-order valence-corrected chi connectivity index (χ4v) is 5.28. The van der Waals surface area contributed by atoms with Crippen LogP contribution in [-0.4, -0.2) is 67.0 Å². The number of aryl methyl sites for hydroxylation is 1. The molecule has 0 bridgehead atoms. The zero-order valence-electron chi connectivity index (χ0n) is 18.7. The van der Waals surface area contributed by atoms with Gasteiger partial charge in [-0.05, 0) is 68.7 Å². The lowest BCUT2D eigenvalue weighted by atomic mass is 9.83. The Labute approximate surface area is 180 Å². The molecule has 0 spiro atoms. The Morgan fingerprint density at radius 3 is 2.77 bits per heavy atom. The molecule has 30 heavy (non-hydrogen) atoms. The highest BCUT2D eigenvalue weighted by Gasteiger charge is 2.38. The summed E-state index contributed by atoms with van der Waals surface area (Å²) in [6.07, 6.45) is 4.62. The minimum Gasteiger partial charge on any atom is -0.336 e. The van der Waals surface area contributed by atoms with Crippen molar-refractivity contribution < 1.29 is 9.59 Å². The second kappa shape index (κ2) is 8.96. The minimum absolute atomic E-state index is 0.0745. The molecule has 1 aromatic rings. The molecule has 3 fully saturated rings. The SMILES string of the molecule is Cc1ccc(C(=O)N2CCC[C@@H]3CN(CCC(C)C)CC[C@H]32)cc1N1CCNC1=O. The molecule has 3 saturated heterocycles. The van der Waals surface area contributed by atoms with Gasteiger partial charge in [-0.15, -0.1) is 0 Å². The number of benzene rings is 1. The lowest BCUT2D eigenvalue weighted by Crippen LogP contribution is -2.55. The molecule has 3 heterocycles. The van der Waals surface area contributed by atoms with Crippen molar-refractivity contribution in [2.75, 3.05) is 44.2 Å². The van der Waals surface area contributed by atoms with Crippen LogP contribution in [0.4, 0.5) is 10.5 Å². The van der Waals surface area contributed by atoms with Gasteiger partial charge in [0, 0.05) is 50.0 Å². The van der Waals surface area contributed by atoms with Crippen LogP contribution in [0.5, 0.6) is 0 Å². The van der Waals surface area contributed by atoms with Gasteiger partial charge in [0.2, 0.25) is 0 Å². The first-order valence-corrected chi connectivity index (χ1v) is 11.6. The quantitative estimate of drug-likeness (QED) is 0.805. The van der Waals surface area contributed by atoms with Crippen molar-refractivity contribution >= 4 is 17.6 Å². The molecule has 164 valence electrons. The topological polar surface area (TPSA) is 55.9 Å². The highest BCUT2D eigenvalue weighted by molar-refractivity contribution is 5.99. The average Bonchev–Trinajstić information content (AvgIpc) is 3.17. The average molecular weight is 413 g/mol. The largest absolute Gasteiger partial charge is 0.336 e. The molecule has 0 saturated carbocycles. The number of carbonyl (C=O) groups excluding carboxylic acids is 2. The van der Waals surface area contributed by atoms with Crippen LogP contribution < -0.4 is 10.2 Å². The Morgan fingerprint density at radius 2 is 2.03 bits per heavy atom. The molecule has 6 nitrogen and oxygen atoms in total. The highest BCUT2D eigenvalue weighted by Crippen LogP contribution is 2.33. The van der Waals surface area contributed by atoms with Crippen LogP contribution in [0.2, 0.25) is 0 Å². The van der Waals surface area contributed by atoms with Crippen LogP contribution in [0.15, 0.2) is 18.2 Å². The minimum atomic E-state index is -0.0745. The van der Waals surface area contributed by atoms with Crippen molar-refractivity contribution in [2.45, 2.75) is 52.5 Å². The summed E-state index contributed by atoms with van der Waals surface area (Å²) in [6.45, 7) is 12.1. The first-order chi connectivity index (χ1) is 14.4. The molecule has 1 N–H and O–H groups in total. The summed E-state index contributed by atoms with van der Waals surface area (Å²) >= 11 is 0. The van der Waals surface area contributed by atoms with E-state index in [1.54, 1.807) is 4.90 Å². The smallest absolute Gasteiger partial charge is 0.322 e. The third-order valence-electron chi connectivity index (χ3n) is 7.04. The van der Waals surface area contributed by atoms with Gasteiger partial charge in [-0.3, -0.25) is 9.69 Å². The normalized spacial score (nSPS) is 24.9. The van der Waals surface area contributed by atoms with E-state index in [0.717, 1.165) is 49.6 Å². The number of anilines is 1. The van der Waals surface area contributed by atoms with Gasteiger partial charge in [-0.25, -0.2) is 4.79 Å². The fourth-order valence-electron chi connectivity index (χ4n) is 5.28. The predicted octanol–water partition coefficient (Wildman–Crippen LogP) is 3.50. The lowest BCUT2D eigenvalue weighted by molar-refractivity contribution is 0.0194. The first-order valence-electron chi connectivity index (χ1n) is 11.6. The van der Waals surface area contributed by atoms with Gasteiger partial charge in [-0.2, -0.15) is 0 Å². The van der Waals surface area contributed by atoms with Gasteiger partial charge in [0.1, 0.15) is 0 Å². The summed E-state index contributed by atoms with van der Waals surface area (Å²) in [4.78, 5) is 32.1. The number of likely N-dealkylation sites (tertiary alicyclic amines) is 2. The Balaban J connectivity index is 1.48. The van der Waals surface area contributed by atoms with E-state index in [-0.39, 0.29) is 11.9 Å². The Kier molecular flexibility index (Phi) is 6.32. The summed E-state index contributed by atoms with van der Waals surface area (Å²) in [5, 5.41) is 2.85. The zero-order chi connectivity index (χ0) is 21.3. The van der Waals surface area contributed by atoms with Gasteiger partial charge in [0.15, 0.2) is 0 Å². The number of fused-ring (bicyclic) bond motifs is 1. The van der Waals surface area contributed by atoms with Gasteiger partial charge in [0.05, 0.1) is 0 Å². The standard InChI is InChI=1S/C24H36N4O2/c1-17(2)8-12-26-13-9-21-20(16-26)5-4-11-27(21)23(29)19-7-6-18(3)22(15-19)28-14-10-25-24(28)30/h6-7,15,17,20-21H,4-5,8-14,16H2,1-3H3,(H,25,30)/t20-,21-/m1/s1. The summed E-state index contributed by atoms with van der Waals surface area (Å²) in [5.41, 5.74) is 2.59. The maximum Gasteiger partial charge on any atom is 0.322 e. The van der Waals surface area contributed by atoms with Gasteiger partial charge in [-0.1, -0.05) is 19.9 Å². The molecule has 3 aliphatic rings. The van der Waals surface area contributed by atoms with Crippen LogP contribution in [0, 0.1) is 18.8 Å². The number of hydrogen-bond donors (Lipinski definition) is 1. The van der Waals surface area contributed by atoms with E-state index >= 15 is 0 Å². The molecule has 0 radical (unpaired) electrons. The molecular weight excluding hydrogens is 376 g/mol. The molecule has 0 aromatic heterocycles. The first kappa shape index (κ1) is 21.2. The summed E-state index contributed by atoms with van der Waals surface area (Å²) in [5.74, 6) is 1.44. The van der Waals surface area contributed by atoms with Gasteiger partial charge >= 0.3 is 6.03 Å². The molecule has 1 aromatic carbocycles. The summed E-state index contributed by atoms with van der Waals surface area (Å²) in [7, 11) is 0. The number of piperidine rings is 2. The van der Waals surface area contributed by atoms with E-state index in [9.17, 15) is 9.59 Å². The van der Waals surface area contributed by atoms with E-state index in [0.29, 0.717) is 30.6 Å². The molecule has 3 amide bonds. The predicted molar refractivity (Wildman–Crippen MR) is 120 cm³/mol. The van der Waals surface area contributed by atoms with E-state index in [1.807, 2.05) is 25.1 Å². The number of rotatable bonds is 5. The Hall–Kier alpha value is -2.08. The highest BCUT2D eigenvalue weighted by atomic mass is 16.2. The Bertz CT molecular complexity index is 793. The van der Waals surface area contributed by atoms with Crippen molar-refractivity contribution in [3.8, 4) is 0 Å². The van der Waals surface area contributed by atoms with Crippen molar-refractivity contribution in [1.82, 2.24) is 15.1 Å². The van der Waals surface area contributed by atoms with E-state index in [1.165, 1.54) is 19.4 Å². The Morgan fingerprint density at radius 1 is 1.20 bits per heavy atom. The number of nitrogens with one attached hydrogen (secondary N) is 1. The van der Waals surface area contributed by atoms with E-state index < -0.39 is 0 Å². The van der Waals surface area contributed by atoms with Crippen LogP contribution in [0.1, 0.15) is 55.5 Å². The van der Waals surface area contributed by atoms with Crippen LogP contribution in [0.25, 0.3) is 0 Å². The van der Waals surface area contributed by atoms with Crippen molar-refractivity contribution in [3.05, 3.63) is 29.3 Å². The molecule has 2 atom stereocenters. The molecule has 4 rings (SSSR count). The number of urea groups is 1. The zero-order valence-corrected chi connectivity index (χ0v) is 18.7. The summed E-state index contributed by atoms with van der Waals surface area (Å²) < 4.78 is 0. The second-order valence-electron chi connectivity index (χ2n) is 9.62. The summed E-state index contributed by atoms with van der Waals surface area (Å²) in [6, 6.07) is 6.10. The van der Waals surface area contributed by atoms with Gasteiger partial charge in [0.25, 0.3) is 5.91 Å². The fraction of sp³-hybridized carbons (Fsp3) is 0.667. The molecule has 6 heteroatoms. The number of hydrogen-bond acceptors (Lipinski definition) is 3. The van der Waals surface area contributed by atoms with E-state index in [4.69, 9.17) is 0 Å². The molecule has 0 aliphatic carbocycles. The molecular formula is C24H36N4O2. The third-order valence-corrected chi connectivity index (χ3v) is 7.04. The van der Waals surface area contributed by atoms with Crippen LogP contribution in [-0.2, 0) is 0 Å². The maximum atomic E-state index is 13.5. The third kappa shape index (κ3) is 4.34. The van der Waals surface area contributed by atoms with Crippen LogP contribution >= 0.6 is 0 Å².